The zero-order chi connectivity index (χ0) is 15.8. The number of hydrogen-bond donors (Lipinski definition) is 0. The summed E-state index contributed by atoms with van der Waals surface area (Å²) in [6.07, 6.45) is 19.9. The Morgan fingerprint density at radius 3 is 1.62 bits per heavy atom. The van der Waals surface area contributed by atoms with Gasteiger partial charge in [-0.05, 0) is 6.42 Å². The molecule has 1 atom stereocenters. The Labute approximate surface area is 133 Å². The highest BCUT2D eigenvalue weighted by molar-refractivity contribution is 5.82. The second-order valence-electron chi connectivity index (χ2n) is 6.34. The minimum absolute atomic E-state index is 0.109. The highest BCUT2D eigenvalue weighted by Crippen LogP contribution is 2.16. The summed E-state index contributed by atoms with van der Waals surface area (Å²) in [7, 11) is 0. The Morgan fingerprint density at radius 1 is 0.810 bits per heavy atom. The minimum atomic E-state index is 0.109. The first-order valence-electron chi connectivity index (χ1n) is 9.41. The van der Waals surface area contributed by atoms with Crippen LogP contribution >= 0.6 is 0 Å². The number of unbranched alkanes of at least 4 members (excludes halogenated alkanes) is 11. The van der Waals surface area contributed by atoms with Crippen LogP contribution in [0.2, 0.25) is 0 Å². The molecule has 0 radical (unpaired) electrons. The maximum absolute atomic E-state index is 11.6. The van der Waals surface area contributed by atoms with Crippen molar-refractivity contribution in [3.05, 3.63) is 12.7 Å². The van der Waals surface area contributed by atoms with Gasteiger partial charge in [0, 0.05) is 12.3 Å². The highest BCUT2D eigenvalue weighted by Gasteiger charge is 2.11. The van der Waals surface area contributed by atoms with E-state index in [0.717, 1.165) is 6.42 Å². The van der Waals surface area contributed by atoms with E-state index in [-0.39, 0.29) is 5.92 Å². The van der Waals surface area contributed by atoms with Crippen molar-refractivity contribution in [2.24, 2.45) is 5.92 Å². The Bertz CT molecular complexity index is 244. The number of rotatable bonds is 16. The summed E-state index contributed by atoms with van der Waals surface area (Å²) in [5, 5.41) is 0. The topological polar surface area (TPSA) is 17.1 Å². The van der Waals surface area contributed by atoms with Gasteiger partial charge in [0.15, 0.2) is 0 Å². The predicted octanol–water partition coefficient (Wildman–Crippen LogP) is 6.86. The summed E-state index contributed by atoms with van der Waals surface area (Å²) in [6.45, 7) is 8.00. The summed E-state index contributed by atoms with van der Waals surface area (Å²) in [4.78, 5) is 11.6. The maximum atomic E-state index is 11.6. The first-order chi connectivity index (χ1) is 10.3. The molecule has 1 unspecified atom stereocenters. The molecule has 0 aromatic carbocycles. The molecule has 124 valence electrons. The number of allylic oxidation sites excluding steroid dienone is 1. The van der Waals surface area contributed by atoms with E-state index in [1.165, 1.54) is 77.0 Å². The standard InChI is InChI=1S/C20H38O/c1-4-7-8-9-10-11-12-13-14-15-16-17-18-19(5-2)20(21)6-3/h5,19H,2,4,6-18H2,1,3H3. The molecule has 0 aliphatic rings. The molecule has 1 nitrogen and oxygen atoms in total. The fourth-order valence-electron chi connectivity index (χ4n) is 2.88. The Hall–Kier alpha value is -0.590. The van der Waals surface area contributed by atoms with Crippen LogP contribution < -0.4 is 0 Å². The first kappa shape index (κ1) is 20.4. The van der Waals surface area contributed by atoms with E-state index in [2.05, 4.69) is 13.5 Å². The largest absolute Gasteiger partial charge is 0.299 e. The van der Waals surface area contributed by atoms with Gasteiger partial charge in [0.2, 0.25) is 0 Å². The van der Waals surface area contributed by atoms with Gasteiger partial charge in [-0.3, -0.25) is 4.79 Å². The maximum Gasteiger partial charge on any atom is 0.139 e. The molecule has 0 N–H and O–H groups in total. The Morgan fingerprint density at radius 2 is 1.24 bits per heavy atom. The summed E-state index contributed by atoms with van der Waals surface area (Å²) >= 11 is 0. The molecular formula is C20H38O. The van der Waals surface area contributed by atoms with Crippen molar-refractivity contribution in [1.29, 1.82) is 0 Å². The number of carbonyl (C=O) groups is 1. The third-order valence-corrected chi connectivity index (χ3v) is 4.42. The van der Waals surface area contributed by atoms with Gasteiger partial charge in [0.25, 0.3) is 0 Å². The van der Waals surface area contributed by atoms with Gasteiger partial charge in [-0.1, -0.05) is 97.0 Å². The van der Waals surface area contributed by atoms with Crippen LogP contribution in [0.3, 0.4) is 0 Å². The summed E-state index contributed by atoms with van der Waals surface area (Å²) < 4.78 is 0. The first-order valence-corrected chi connectivity index (χ1v) is 9.41. The molecule has 0 aliphatic heterocycles. The molecule has 0 bridgehead atoms. The molecule has 1 heteroatoms. The molecule has 0 fully saturated rings. The lowest BCUT2D eigenvalue weighted by Gasteiger charge is -2.09. The fourth-order valence-corrected chi connectivity index (χ4v) is 2.88. The lowest BCUT2D eigenvalue weighted by atomic mass is 9.95. The number of ketones is 1. The van der Waals surface area contributed by atoms with E-state index in [1.807, 2.05) is 13.0 Å². The van der Waals surface area contributed by atoms with E-state index in [1.54, 1.807) is 0 Å². The molecule has 0 aromatic heterocycles. The SMILES string of the molecule is C=CC(CCCCCCCCCCCCCC)C(=O)CC. The van der Waals surface area contributed by atoms with Crippen molar-refractivity contribution in [2.45, 2.75) is 104 Å². The monoisotopic (exact) mass is 294 g/mol. The molecule has 21 heavy (non-hydrogen) atoms. The normalized spacial score (nSPS) is 12.3. The molecule has 0 amide bonds. The van der Waals surface area contributed by atoms with Gasteiger partial charge in [-0.2, -0.15) is 0 Å². The molecule has 0 saturated carbocycles. The molecule has 0 spiro atoms. The molecule has 0 aliphatic carbocycles. The van der Waals surface area contributed by atoms with Crippen molar-refractivity contribution in [3.8, 4) is 0 Å². The van der Waals surface area contributed by atoms with Gasteiger partial charge >= 0.3 is 0 Å². The zero-order valence-corrected chi connectivity index (χ0v) is 14.7. The van der Waals surface area contributed by atoms with Gasteiger partial charge in [0.05, 0.1) is 0 Å². The average molecular weight is 295 g/mol. The van der Waals surface area contributed by atoms with Crippen LogP contribution in [0.15, 0.2) is 12.7 Å². The lowest BCUT2D eigenvalue weighted by molar-refractivity contribution is -0.121. The minimum Gasteiger partial charge on any atom is -0.299 e. The second kappa shape index (κ2) is 15.8. The fraction of sp³-hybridized carbons (Fsp3) is 0.850. The molecule has 0 saturated heterocycles. The van der Waals surface area contributed by atoms with Gasteiger partial charge < -0.3 is 0 Å². The smallest absolute Gasteiger partial charge is 0.139 e. The van der Waals surface area contributed by atoms with Crippen molar-refractivity contribution >= 4 is 5.78 Å². The van der Waals surface area contributed by atoms with E-state index in [4.69, 9.17) is 0 Å². The van der Waals surface area contributed by atoms with Gasteiger partial charge in [0.1, 0.15) is 5.78 Å². The third kappa shape index (κ3) is 12.8. The van der Waals surface area contributed by atoms with Crippen LogP contribution in [0, 0.1) is 5.92 Å². The number of carbonyl (C=O) groups excluding carboxylic acids is 1. The molecular weight excluding hydrogens is 256 g/mol. The molecule has 0 rings (SSSR count). The third-order valence-electron chi connectivity index (χ3n) is 4.42. The van der Waals surface area contributed by atoms with E-state index < -0.39 is 0 Å². The van der Waals surface area contributed by atoms with Crippen molar-refractivity contribution in [1.82, 2.24) is 0 Å². The van der Waals surface area contributed by atoms with Crippen molar-refractivity contribution in [3.63, 3.8) is 0 Å². The van der Waals surface area contributed by atoms with Crippen LogP contribution in [0.25, 0.3) is 0 Å². The van der Waals surface area contributed by atoms with Gasteiger partial charge in [-0.15, -0.1) is 6.58 Å². The van der Waals surface area contributed by atoms with Crippen LogP contribution in [-0.4, -0.2) is 5.78 Å². The van der Waals surface area contributed by atoms with Gasteiger partial charge in [-0.25, -0.2) is 0 Å². The summed E-state index contributed by atoms with van der Waals surface area (Å²) in [5.74, 6) is 0.464. The summed E-state index contributed by atoms with van der Waals surface area (Å²) in [5.41, 5.74) is 0. The van der Waals surface area contributed by atoms with Crippen molar-refractivity contribution < 1.29 is 4.79 Å². The molecule has 0 aromatic rings. The molecule has 0 heterocycles. The predicted molar refractivity (Wildman–Crippen MR) is 94.7 cm³/mol. The number of Topliss-reactive ketones (excluding diaryl/α,β-unsaturated/α-hetero) is 1. The quantitative estimate of drug-likeness (QED) is 0.224. The van der Waals surface area contributed by atoms with E-state index >= 15 is 0 Å². The Balaban J connectivity index is 3.25. The van der Waals surface area contributed by atoms with Crippen LogP contribution in [0.4, 0.5) is 0 Å². The van der Waals surface area contributed by atoms with Crippen molar-refractivity contribution in [2.75, 3.05) is 0 Å². The van der Waals surface area contributed by atoms with E-state index in [9.17, 15) is 4.79 Å². The lowest BCUT2D eigenvalue weighted by Crippen LogP contribution is -2.10. The van der Waals surface area contributed by atoms with E-state index in [0.29, 0.717) is 12.2 Å². The second-order valence-corrected chi connectivity index (χ2v) is 6.34. The zero-order valence-electron chi connectivity index (χ0n) is 14.7. The Kier molecular flexibility index (Phi) is 15.3. The average Bonchev–Trinajstić information content (AvgIpc) is 2.51. The summed E-state index contributed by atoms with van der Waals surface area (Å²) in [6, 6.07) is 0. The van der Waals surface area contributed by atoms with Crippen LogP contribution in [0.5, 0.6) is 0 Å². The van der Waals surface area contributed by atoms with Crippen LogP contribution in [-0.2, 0) is 4.79 Å². The highest BCUT2D eigenvalue weighted by atomic mass is 16.1. The van der Waals surface area contributed by atoms with Crippen LogP contribution in [0.1, 0.15) is 104 Å². The number of hydrogen-bond acceptors (Lipinski definition) is 1.